The normalized spacial score (nSPS) is 25.9. The minimum absolute atomic E-state index is 0.0601. The van der Waals surface area contributed by atoms with Crippen molar-refractivity contribution in [3.8, 4) is 0 Å². The molecule has 0 bridgehead atoms. The van der Waals surface area contributed by atoms with E-state index >= 15 is 4.39 Å². The van der Waals surface area contributed by atoms with Gasteiger partial charge in [-0.3, -0.25) is 4.79 Å². The van der Waals surface area contributed by atoms with Gasteiger partial charge in [0.25, 0.3) is 5.91 Å². The van der Waals surface area contributed by atoms with E-state index in [0.29, 0.717) is 48.9 Å². The van der Waals surface area contributed by atoms with Gasteiger partial charge in [-0.15, -0.1) is 11.3 Å². The van der Waals surface area contributed by atoms with Gasteiger partial charge in [0.2, 0.25) is 0 Å². The highest BCUT2D eigenvalue weighted by atomic mass is 32.1. The fourth-order valence-corrected chi connectivity index (χ4v) is 6.97. The van der Waals surface area contributed by atoms with Crippen molar-refractivity contribution in [3.63, 3.8) is 0 Å². The summed E-state index contributed by atoms with van der Waals surface area (Å²) in [6.07, 6.45) is 3.92. The van der Waals surface area contributed by atoms with Crippen LogP contribution in [0.5, 0.6) is 0 Å². The van der Waals surface area contributed by atoms with Gasteiger partial charge in [-0.25, -0.2) is 14.4 Å². The predicted molar refractivity (Wildman–Crippen MR) is 139 cm³/mol. The van der Waals surface area contributed by atoms with Crippen LogP contribution < -0.4 is 21.7 Å². The highest BCUT2D eigenvalue weighted by Gasteiger charge is 2.47. The molecule has 5 heterocycles. The van der Waals surface area contributed by atoms with E-state index in [0.717, 1.165) is 53.0 Å². The number of fused-ring (bicyclic) bond motifs is 2. The molecule has 5 N–H and O–H groups in total. The third kappa shape index (κ3) is 4.01. The van der Waals surface area contributed by atoms with Crippen LogP contribution in [-0.2, 0) is 17.6 Å². The first kappa shape index (κ1) is 23.6. The van der Waals surface area contributed by atoms with Gasteiger partial charge in [0.15, 0.2) is 11.6 Å². The molecule has 3 aromatic rings. The molecule has 10 heteroatoms. The number of carbonyl (C=O) groups is 1. The molecule has 0 radical (unpaired) electrons. The molecule has 1 aliphatic carbocycles. The number of nitrogen functional groups attached to an aromatic ring is 1. The van der Waals surface area contributed by atoms with E-state index in [4.69, 9.17) is 21.2 Å². The van der Waals surface area contributed by atoms with Crippen molar-refractivity contribution in [3.05, 3.63) is 45.8 Å². The molecule has 3 unspecified atom stereocenters. The molecule has 0 saturated carbocycles. The van der Waals surface area contributed by atoms with Crippen molar-refractivity contribution >= 4 is 39.0 Å². The number of hydrogen-bond donors (Lipinski definition) is 3. The van der Waals surface area contributed by atoms with E-state index in [-0.39, 0.29) is 29.2 Å². The van der Waals surface area contributed by atoms with Crippen molar-refractivity contribution < 1.29 is 13.9 Å². The second-order valence-corrected chi connectivity index (χ2v) is 11.5. The average Bonchev–Trinajstić information content (AvgIpc) is 3.35. The van der Waals surface area contributed by atoms with Gasteiger partial charge in [-0.2, -0.15) is 0 Å². The van der Waals surface area contributed by atoms with Gasteiger partial charge in [0, 0.05) is 54.0 Å². The van der Waals surface area contributed by atoms with Crippen molar-refractivity contribution in [1.29, 1.82) is 0 Å². The second kappa shape index (κ2) is 8.93. The maximum atomic E-state index is 15.3. The maximum absolute atomic E-state index is 15.3. The van der Waals surface area contributed by atoms with Crippen LogP contribution in [0.3, 0.4) is 0 Å². The number of nitrogens with one attached hydrogen (secondary N) is 1. The van der Waals surface area contributed by atoms with Gasteiger partial charge in [0.05, 0.1) is 12.3 Å². The Bertz CT molecular complexity index is 1340. The van der Waals surface area contributed by atoms with Crippen molar-refractivity contribution in [2.24, 2.45) is 11.1 Å². The summed E-state index contributed by atoms with van der Waals surface area (Å²) in [7, 11) is 0. The smallest absolute Gasteiger partial charge is 0.263 e. The Hall–Kier alpha value is -2.82. The quantitative estimate of drug-likeness (QED) is 0.496. The summed E-state index contributed by atoms with van der Waals surface area (Å²) in [5, 5.41) is 3.90. The van der Waals surface area contributed by atoms with E-state index in [2.05, 4.69) is 10.3 Å². The highest BCUT2D eigenvalue weighted by molar-refractivity contribution is 7.21. The Morgan fingerprint density at radius 1 is 1.36 bits per heavy atom. The molecule has 0 aromatic carbocycles. The summed E-state index contributed by atoms with van der Waals surface area (Å²) < 4.78 is 21.0. The van der Waals surface area contributed by atoms with Crippen LogP contribution in [0.2, 0.25) is 0 Å². The third-order valence-corrected chi connectivity index (χ3v) is 9.07. The number of ether oxygens (including phenoxy) is 1. The lowest BCUT2D eigenvalue weighted by Crippen LogP contribution is -2.46. The average molecular weight is 511 g/mol. The van der Waals surface area contributed by atoms with Crippen LogP contribution >= 0.6 is 11.3 Å². The Morgan fingerprint density at radius 2 is 2.22 bits per heavy atom. The van der Waals surface area contributed by atoms with E-state index in [1.54, 1.807) is 6.07 Å². The van der Waals surface area contributed by atoms with Gasteiger partial charge >= 0.3 is 0 Å². The minimum Gasteiger partial charge on any atom is -0.397 e. The Morgan fingerprint density at radius 3 is 3.03 bits per heavy atom. The molecule has 190 valence electrons. The first-order chi connectivity index (χ1) is 17.3. The van der Waals surface area contributed by atoms with Crippen molar-refractivity contribution in [2.75, 3.05) is 36.9 Å². The summed E-state index contributed by atoms with van der Waals surface area (Å²) in [5.41, 5.74) is 15.7. The van der Waals surface area contributed by atoms with Crippen LogP contribution in [0.1, 0.15) is 45.9 Å². The summed E-state index contributed by atoms with van der Waals surface area (Å²) in [6, 6.07) is 5.21. The standard InChI is InChI=1S/C26H31FN6O2S/c1-14-3-5-17-21(29)22(36-25(17)30-14)24(34)31-16-4-6-19-15(9-16)10-18(27)23(32-19)33-11-20(28)26(12-33)7-2-8-35-13-26/h3,5,10,16,20H,2,4,6-9,11-13,28-29H2,1H3,(H,31,34). The van der Waals surface area contributed by atoms with E-state index < -0.39 is 0 Å². The number of aryl methyl sites for hydroxylation is 2. The van der Waals surface area contributed by atoms with Crippen molar-refractivity contribution in [1.82, 2.24) is 15.3 Å². The van der Waals surface area contributed by atoms with Crippen LogP contribution in [0.15, 0.2) is 18.2 Å². The van der Waals surface area contributed by atoms with Gasteiger partial charge in [0.1, 0.15) is 9.71 Å². The summed E-state index contributed by atoms with van der Waals surface area (Å²) in [4.78, 5) is 25.5. The molecule has 3 aromatic heterocycles. The molecule has 3 aliphatic rings. The lowest BCUT2D eigenvalue weighted by molar-refractivity contribution is -0.00346. The van der Waals surface area contributed by atoms with Gasteiger partial charge in [-0.1, -0.05) is 0 Å². The lowest BCUT2D eigenvalue weighted by atomic mass is 9.79. The zero-order valence-electron chi connectivity index (χ0n) is 20.3. The number of aromatic nitrogens is 2. The SMILES string of the molecule is Cc1ccc2c(N)c(C(=O)NC3CCc4nc(N5CC(N)C6(CCCOC6)C5)c(F)cc4C3)sc2n1. The van der Waals surface area contributed by atoms with E-state index in [1.807, 2.05) is 24.0 Å². The number of nitrogens with two attached hydrogens (primary N) is 2. The molecule has 2 aliphatic heterocycles. The summed E-state index contributed by atoms with van der Waals surface area (Å²) >= 11 is 1.30. The maximum Gasteiger partial charge on any atom is 0.263 e. The minimum atomic E-state index is -0.336. The Balaban J connectivity index is 1.17. The lowest BCUT2D eigenvalue weighted by Gasteiger charge is -2.36. The number of carbonyl (C=O) groups excluding carboxylic acids is 1. The number of hydrogen-bond acceptors (Lipinski definition) is 8. The molecular formula is C26H31FN6O2S. The van der Waals surface area contributed by atoms with Crippen molar-refractivity contribution in [2.45, 2.75) is 51.1 Å². The number of anilines is 2. The number of nitrogens with zero attached hydrogens (tertiary/aromatic N) is 3. The van der Waals surface area contributed by atoms with E-state index in [9.17, 15) is 4.79 Å². The second-order valence-electron chi connectivity index (χ2n) is 10.5. The zero-order valence-corrected chi connectivity index (χ0v) is 21.2. The van der Waals surface area contributed by atoms with Crippen LogP contribution in [0.25, 0.3) is 10.2 Å². The van der Waals surface area contributed by atoms with Gasteiger partial charge < -0.3 is 26.4 Å². The number of thiophene rings is 1. The zero-order chi connectivity index (χ0) is 25.0. The predicted octanol–water partition coefficient (Wildman–Crippen LogP) is 2.95. The topological polar surface area (TPSA) is 119 Å². The summed E-state index contributed by atoms with van der Waals surface area (Å²) in [6.45, 7) is 4.55. The van der Waals surface area contributed by atoms with Crippen LogP contribution in [0.4, 0.5) is 15.9 Å². The molecule has 1 amide bonds. The number of rotatable bonds is 3. The first-order valence-corrected chi connectivity index (χ1v) is 13.4. The molecule has 8 nitrogen and oxygen atoms in total. The molecule has 36 heavy (non-hydrogen) atoms. The largest absolute Gasteiger partial charge is 0.397 e. The fourth-order valence-electron chi connectivity index (χ4n) is 5.93. The Kier molecular flexibility index (Phi) is 5.85. The van der Waals surface area contributed by atoms with Gasteiger partial charge in [-0.05, 0) is 62.8 Å². The third-order valence-electron chi connectivity index (χ3n) is 7.96. The fraction of sp³-hybridized carbons (Fsp3) is 0.500. The summed E-state index contributed by atoms with van der Waals surface area (Å²) in [5.74, 6) is -0.162. The number of halogens is 1. The molecule has 3 atom stereocenters. The highest BCUT2D eigenvalue weighted by Crippen LogP contribution is 2.40. The molecule has 1 spiro atoms. The number of pyridine rings is 2. The molecule has 6 rings (SSSR count). The van der Waals surface area contributed by atoms with Crippen LogP contribution in [-0.4, -0.2) is 54.3 Å². The first-order valence-electron chi connectivity index (χ1n) is 12.6. The molecule has 2 fully saturated rings. The number of amides is 1. The van der Waals surface area contributed by atoms with Crippen LogP contribution in [0, 0.1) is 18.2 Å². The molecule has 2 saturated heterocycles. The monoisotopic (exact) mass is 510 g/mol. The molecular weight excluding hydrogens is 479 g/mol. The van der Waals surface area contributed by atoms with E-state index in [1.165, 1.54) is 11.3 Å². The Labute approximate surface area is 213 Å².